The Morgan fingerprint density at radius 3 is 2.56 bits per heavy atom. The molecular formula is C10H16N4OS. The molecule has 0 saturated carbocycles. The molecule has 0 aliphatic carbocycles. The summed E-state index contributed by atoms with van der Waals surface area (Å²) in [4.78, 5) is 12.2. The number of amides is 1. The molecular weight excluding hydrogens is 224 g/mol. The van der Waals surface area contributed by atoms with Crippen molar-refractivity contribution >= 4 is 23.1 Å². The number of hydrogen-bond donors (Lipinski definition) is 2. The standard InChI is InChI=1S/C10H16N4OS/c1-6-5-7(14(4)13-6)8(15)12-10(2,3)9(11)16/h5H,1-4H3,(H2,11,16)(H,12,15). The second kappa shape index (κ2) is 4.21. The largest absolute Gasteiger partial charge is 0.391 e. The lowest BCUT2D eigenvalue weighted by Gasteiger charge is -2.24. The van der Waals surface area contributed by atoms with E-state index in [1.807, 2.05) is 6.92 Å². The molecule has 1 aromatic rings. The highest BCUT2D eigenvalue weighted by atomic mass is 32.1. The maximum atomic E-state index is 11.9. The summed E-state index contributed by atoms with van der Waals surface area (Å²) in [5.41, 5.74) is 6.11. The fraction of sp³-hybridized carbons (Fsp3) is 0.500. The number of nitrogens with two attached hydrogens (primary N) is 1. The van der Waals surface area contributed by atoms with Crippen molar-refractivity contribution in [1.82, 2.24) is 15.1 Å². The minimum atomic E-state index is -0.704. The van der Waals surface area contributed by atoms with Crippen molar-refractivity contribution in [3.63, 3.8) is 0 Å². The number of nitrogens with one attached hydrogen (secondary N) is 1. The minimum Gasteiger partial charge on any atom is -0.391 e. The summed E-state index contributed by atoms with van der Waals surface area (Å²) in [6.45, 7) is 5.35. The van der Waals surface area contributed by atoms with E-state index in [1.165, 1.54) is 4.68 Å². The van der Waals surface area contributed by atoms with Crippen LogP contribution in [0.5, 0.6) is 0 Å². The zero-order chi connectivity index (χ0) is 12.5. The van der Waals surface area contributed by atoms with Gasteiger partial charge in [0.25, 0.3) is 5.91 Å². The first-order valence-corrected chi connectivity index (χ1v) is 5.28. The van der Waals surface area contributed by atoms with Crippen LogP contribution in [0.2, 0.25) is 0 Å². The smallest absolute Gasteiger partial charge is 0.270 e. The number of carbonyl (C=O) groups is 1. The molecule has 1 aromatic heterocycles. The van der Waals surface area contributed by atoms with Gasteiger partial charge in [0.15, 0.2) is 0 Å². The van der Waals surface area contributed by atoms with E-state index in [2.05, 4.69) is 10.4 Å². The zero-order valence-electron chi connectivity index (χ0n) is 9.87. The molecule has 1 heterocycles. The average Bonchev–Trinajstić information content (AvgIpc) is 2.44. The van der Waals surface area contributed by atoms with E-state index in [0.717, 1.165) is 5.69 Å². The van der Waals surface area contributed by atoms with Crippen LogP contribution in [0, 0.1) is 6.92 Å². The molecule has 0 radical (unpaired) electrons. The van der Waals surface area contributed by atoms with E-state index in [1.54, 1.807) is 27.0 Å². The van der Waals surface area contributed by atoms with Crippen LogP contribution >= 0.6 is 12.2 Å². The van der Waals surface area contributed by atoms with Crippen molar-refractivity contribution in [3.8, 4) is 0 Å². The van der Waals surface area contributed by atoms with Gasteiger partial charge in [-0.2, -0.15) is 5.10 Å². The van der Waals surface area contributed by atoms with Crippen molar-refractivity contribution in [1.29, 1.82) is 0 Å². The van der Waals surface area contributed by atoms with Crippen molar-refractivity contribution in [3.05, 3.63) is 17.5 Å². The Hall–Kier alpha value is -1.43. The number of thiocarbonyl (C=S) groups is 1. The fourth-order valence-corrected chi connectivity index (χ4v) is 1.28. The summed E-state index contributed by atoms with van der Waals surface area (Å²) < 4.78 is 1.53. The highest BCUT2D eigenvalue weighted by Crippen LogP contribution is 2.07. The summed E-state index contributed by atoms with van der Waals surface area (Å²) >= 11 is 4.88. The first kappa shape index (κ1) is 12.6. The number of nitrogens with zero attached hydrogens (tertiary/aromatic N) is 2. The third-order valence-electron chi connectivity index (χ3n) is 2.28. The fourth-order valence-electron chi connectivity index (χ4n) is 1.23. The predicted octanol–water partition coefficient (Wildman–Crippen LogP) is 0.523. The highest BCUT2D eigenvalue weighted by Gasteiger charge is 2.25. The molecule has 0 aliphatic heterocycles. The maximum absolute atomic E-state index is 11.9. The van der Waals surface area contributed by atoms with Gasteiger partial charge in [-0.3, -0.25) is 9.48 Å². The van der Waals surface area contributed by atoms with Gasteiger partial charge in [0.05, 0.1) is 16.2 Å². The van der Waals surface area contributed by atoms with E-state index >= 15 is 0 Å². The van der Waals surface area contributed by atoms with Gasteiger partial charge in [0, 0.05) is 7.05 Å². The van der Waals surface area contributed by atoms with Crippen molar-refractivity contribution in [2.45, 2.75) is 26.3 Å². The van der Waals surface area contributed by atoms with Crippen LogP contribution in [0.25, 0.3) is 0 Å². The Morgan fingerprint density at radius 1 is 1.62 bits per heavy atom. The molecule has 0 bridgehead atoms. The Morgan fingerprint density at radius 2 is 2.19 bits per heavy atom. The number of hydrogen-bond acceptors (Lipinski definition) is 3. The SMILES string of the molecule is Cc1cc(C(=O)NC(C)(C)C(N)=S)n(C)n1. The van der Waals surface area contributed by atoms with Gasteiger partial charge in [-0.15, -0.1) is 0 Å². The number of aromatic nitrogens is 2. The molecule has 5 nitrogen and oxygen atoms in total. The van der Waals surface area contributed by atoms with Crippen LogP contribution in [0.4, 0.5) is 0 Å². The molecule has 3 N–H and O–H groups in total. The third kappa shape index (κ3) is 2.57. The summed E-state index contributed by atoms with van der Waals surface area (Å²) in [5.74, 6) is -0.235. The van der Waals surface area contributed by atoms with Crippen LogP contribution in [-0.4, -0.2) is 26.2 Å². The summed E-state index contributed by atoms with van der Waals surface area (Å²) in [7, 11) is 1.72. The Balaban J connectivity index is 2.89. The van der Waals surface area contributed by atoms with Crippen LogP contribution < -0.4 is 11.1 Å². The lowest BCUT2D eigenvalue weighted by atomic mass is 10.1. The summed E-state index contributed by atoms with van der Waals surface area (Å²) in [6.07, 6.45) is 0. The molecule has 0 aromatic carbocycles. The second-order valence-electron chi connectivity index (χ2n) is 4.24. The van der Waals surface area contributed by atoms with Gasteiger partial charge in [-0.05, 0) is 26.8 Å². The predicted molar refractivity (Wildman–Crippen MR) is 66.3 cm³/mol. The molecule has 0 saturated heterocycles. The van der Waals surface area contributed by atoms with E-state index in [0.29, 0.717) is 5.69 Å². The van der Waals surface area contributed by atoms with E-state index in [-0.39, 0.29) is 10.9 Å². The number of rotatable bonds is 3. The first-order valence-electron chi connectivity index (χ1n) is 4.87. The Labute approximate surface area is 100 Å². The van der Waals surface area contributed by atoms with Gasteiger partial charge in [0.1, 0.15) is 5.69 Å². The lowest BCUT2D eigenvalue weighted by molar-refractivity contribution is 0.0922. The molecule has 0 fully saturated rings. The molecule has 0 aliphatic rings. The van der Waals surface area contributed by atoms with Gasteiger partial charge in [0.2, 0.25) is 0 Å². The minimum absolute atomic E-state index is 0.235. The van der Waals surface area contributed by atoms with Crippen molar-refractivity contribution in [2.75, 3.05) is 0 Å². The average molecular weight is 240 g/mol. The number of aryl methyl sites for hydroxylation is 2. The molecule has 1 rings (SSSR count). The lowest BCUT2D eigenvalue weighted by Crippen LogP contribution is -2.52. The van der Waals surface area contributed by atoms with Crippen LogP contribution in [0.15, 0.2) is 6.07 Å². The quantitative estimate of drug-likeness (QED) is 0.756. The van der Waals surface area contributed by atoms with Gasteiger partial charge < -0.3 is 11.1 Å². The molecule has 0 atom stereocenters. The Bertz CT molecular complexity index is 436. The van der Waals surface area contributed by atoms with Gasteiger partial charge in [-0.1, -0.05) is 12.2 Å². The van der Waals surface area contributed by atoms with E-state index in [4.69, 9.17) is 18.0 Å². The third-order valence-corrected chi connectivity index (χ3v) is 2.79. The molecule has 88 valence electrons. The van der Waals surface area contributed by atoms with Crippen molar-refractivity contribution < 1.29 is 4.79 Å². The summed E-state index contributed by atoms with van der Waals surface area (Å²) in [5, 5.41) is 6.86. The Kier molecular flexibility index (Phi) is 3.32. The van der Waals surface area contributed by atoms with Gasteiger partial charge in [-0.25, -0.2) is 0 Å². The number of carbonyl (C=O) groups excluding carboxylic acids is 1. The van der Waals surface area contributed by atoms with Crippen molar-refractivity contribution in [2.24, 2.45) is 12.8 Å². The molecule has 16 heavy (non-hydrogen) atoms. The van der Waals surface area contributed by atoms with Crippen LogP contribution in [-0.2, 0) is 7.05 Å². The second-order valence-corrected chi connectivity index (χ2v) is 4.68. The highest BCUT2D eigenvalue weighted by molar-refractivity contribution is 7.80. The summed E-state index contributed by atoms with van der Waals surface area (Å²) in [6, 6.07) is 1.71. The van der Waals surface area contributed by atoms with E-state index in [9.17, 15) is 4.79 Å². The van der Waals surface area contributed by atoms with Crippen LogP contribution in [0.1, 0.15) is 30.0 Å². The van der Waals surface area contributed by atoms with E-state index < -0.39 is 5.54 Å². The molecule has 1 amide bonds. The monoisotopic (exact) mass is 240 g/mol. The first-order chi connectivity index (χ1) is 7.24. The zero-order valence-corrected chi connectivity index (χ0v) is 10.7. The van der Waals surface area contributed by atoms with Gasteiger partial charge >= 0.3 is 0 Å². The van der Waals surface area contributed by atoms with Crippen LogP contribution in [0.3, 0.4) is 0 Å². The molecule has 0 unspecified atom stereocenters. The normalized spacial score (nSPS) is 11.2. The maximum Gasteiger partial charge on any atom is 0.270 e. The topological polar surface area (TPSA) is 72.9 Å². The molecule has 0 spiro atoms. The molecule has 6 heteroatoms.